The number of halogens is 1. The molecule has 1 saturated carbocycles. The molecule has 1 rings (SSSR count). The molecule has 1 unspecified atom stereocenters. The maximum Gasteiger partial charge on any atom is 0.224 e. The second kappa shape index (κ2) is 8.76. The van der Waals surface area contributed by atoms with Crippen LogP contribution in [0.15, 0.2) is 0 Å². The fraction of sp³-hybridized carbons (Fsp3) is 0.923. The molecule has 17 heavy (non-hydrogen) atoms. The zero-order valence-corrected chi connectivity index (χ0v) is 11.9. The minimum atomic E-state index is -0.0491. The van der Waals surface area contributed by atoms with Gasteiger partial charge in [0.05, 0.1) is 0 Å². The summed E-state index contributed by atoms with van der Waals surface area (Å²) in [6, 6.07) is 0. The first kappa shape index (κ1) is 16.7. The summed E-state index contributed by atoms with van der Waals surface area (Å²) in [7, 11) is 0. The summed E-state index contributed by atoms with van der Waals surface area (Å²) in [6.45, 7) is 5.44. The molecule has 0 aromatic heterocycles. The number of amides is 1. The van der Waals surface area contributed by atoms with E-state index in [9.17, 15) is 4.79 Å². The van der Waals surface area contributed by atoms with E-state index in [4.69, 9.17) is 5.73 Å². The Hall–Kier alpha value is -0.280. The van der Waals surface area contributed by atoms with Crippen molar-refractivity contribution in [2.45, 2.75) is 46.0 Å². The number of rotatable bonds is 5. The standard InChI is InChI=1S/C13H26N2O.ClH/c1-3-11-4-6-12(7-5-11)9-15-13(16)10(2)8-14;/h10-12H,3-9,14H2,1-2H3,(H,15,16);1H. The van der Waals surface area contributed by atoms with Crippen molar-refractivity contribution in [2.75, 3.05) is 13.1 Å². The first-order chi connectivity index (χ1) is 7.67. The van der Waals surface area contributed by atoms with Gasteiger partial charge in [-0.3, -0.25) is 4.79 Å². The molecule has 0 aliphatic heterocycles. The SMILES string of the molecule is CCC1CCC(CNC(=O)C(C)CN)CC1.Cl. The second-order valence-corrected chi connectivity index (χ2v) is 5.18. The molecule has 3 N–H and O–H groups in total. The van der Waals surface area contributed by atoms with Crippen LogP contribution in [0.3, 0.4) is 0 Å². The molecule has 0 aromatic carbocycles. The average Bonchev–Trinajstić information content (AvgIpc) is 2.35. The van der Waals surface area contributed by atoms with Crippen LogP contribution in [-0.2, 0) is 4.79 Å². The van der Waals surface area contributed by atoms with Crippen molar-refractivity contribution in [2.24, 2.45) is 23.5 Å². The lowest BCUT2D eigenvalue weighted by atomic mass is 9.81. The van der Waals surface area contributed by atoms with Crippen LogP contribution in [0.1, 0.15) is 46.0 Å². The van der Waals surface area contributed by atoms with E-state index < -0.39 is 0 Å². The lowest BCUT2D eigenvalue weighted by Crippen LogP contribution is -2.37. The fourth-order valence-electron chi connectivity index (χ4n) is 2.37. The first-order valence-electron chi connectivity index (χ1n) is 6.65. The Morgan fingerprint density at radius 1 is 1.29 bits per heavy atom. The van der Waals surface area contributed by atoms with E-state index in [1.165, 1.54) is 32.1 Å². The summed E-state index contributed by atoms with van der Waals surface area (Å²) in [5.74, 6) is 1.68. The molecule has 1 atom stereocenters. The van der Waals surface area contributed by atoms with Gasteiger partial charge < -0.3 is 11.1 Å². The van der Waals surface area contributed by atoms with Crippen LogP contribution in [0.4, 0.5) is 0 Å². The highest BCUT2D eigenvalue weighted by atomic mass is 35.5. The van der Waals surface area contributed by atoms with Crippen molar-refractivity contribution < 1.29 is 4.79 Å². The molecule has 0 bridgehead atoms. The molecule has 0 saturated heterocycles. The highest BCUT2D eigenvalue weighted by Gasteiger charge is 2.20. The minimum absolute atomic E-state index is 0. The normalized spacial score (nSPS) is 25.8. The summed E-state index contributed by atoms with van der Waals surface area (Å²) in [6.07, 6.45) is 6.53. The zero-order chi connectivity index (χ0) is 12.0. The first-order valence-corrected chi connectivity index (χ1v) is 6.65. The van der Waals surface area contributed by atoms with E-state index >= 15 is 0 Å². The second-order valence-electron chi connectivity index (χ2n) is 5.18. The molecule has 0 radical (unpaired) electrons. The van der Waals surface area contributed by atoms with Crippen LogP contribution < -0.4 is 11.1 Å². The van der Waals surface area contributed by atoms with E-state index in [0.717, 1.165) is 12.5 Å². The average molecular weight is 263 g/mol. The van der Waals surface area contributed by atoms with Crippen LogP contribution in [0.2, 0.25) is 0 Å². The van der Waals surface area contributed by atoms with Gasteiger partial charge >= 0.3 is 0 Å². The maximum absolute atomic E-state index is 11.5. The Labute approximate surface area is 111 Å². The number of carbonyl (C=O) groups is 1. The summed E-state index contributed by atoms with van der Waals surface area (Å²) in [4.78, 5) is 11.5. The van der Waals surface area contributed by atoms with E-state index in [2.05, 4.69) is 12.2 Å². The van der Waals surface area contributed by atoms with Crippen LogP contribution in [0.25, 0.3) is 0 Å². The lowest BCUT2D eigenvalue weighted by Gasteiger charge is -2.28. The molecule has 0 spiro atoms. The topological polar surface area (TPSA) is 55.1 Å². The van der Waals surface area contributed by atoms with Crippen LogP contribution in [-0.4, -0.2) is 19.0 Å². The van der Waals surface area contributed by atoms with E-state index in [0.29, 0.717) is 12.5 Å². The summed E-state index contributed by atoms with van der Waals surface area (Å²) < 4.78 is 0. The fourth-order valence-corrected chi connectivity index (χ4v) is 2.37. The smallest absolute Gasteiger partial charge is 0.224 e. The van der Waals surface area contributed by atoms with Crippen LogP contribution in [0.5, 0.6) is 0 Å². The molecule has 1 fully saturated rings. The third-order valence-electron chi connectivity index (χ3n) is 3.91. The van der Waals surface area contributed by atoms with Crippen molar-refractivity contribution in [3.8, 4) is 0 Å². The van der Waals surface area contributed by atoms with E-state index in [-0.39, 0.29) is 24.2 Å². The molecule has 1 aliphatic carbocycles. The summed E-state index contributed by atoms with van der Waals surface area (Å²) in [5.41, 5.74) is 5.46. The highest BCUT2D eigenvalue weighted by Crippen LogP contribution is 2.30. The molecule has 3 nitrogen and oxygen atoms in total. The molecule has 1 aliphatic rings. The number of carbonyl (C=O) groups excluding carboxylic acids is 1. The quantitative estimate of drug-likeness (QED) is 0.799. The molecule has 0 heterocycles. The van der Waals surface area contributed by atoms with Crippen molar-refractivity contribution in [1.29, 1.82) is 0 Å². The Morgan fingerprint density at radius 2 is 1.82 bits per heavy atom. The zero-order valence-electron chi connectivity index (χ0n) is 11.1. The number of nitrogens with one attached hydrogen (secondary N) is 1. The molecule has 4 heteroatoms. The summed E-state index contributed by atoms with van der Waals surface area (Å²) >= 11 is 0. The predicted molar refractivity (Wildman–Crippen MR) is 74.2 cm³/mol. The van der Waals surface area contributed by atoms with Crippen LogP contribution in [0, 0.1) is 17.8 Å². The Kier molecular flexibility index (Phi) is 8.61. The van der Waals surface area contributed by atoms with Gasteiger partial charge in [0, 0.05) is 19.0 Å². The Bertz CT molecular complexity index is 215. The Morgan fingerprint density at radius 3 is 2.29 bits per heavy atom. The van der Waals surface area contributed by atoms with Crippen molar-refractivity contribution >= 4 is 18.3 Å². The minimum Gasteiger partial charge on any atom is -0.356 e. The molecule has 1 amide bonds. The summed E-state index contributed by atoms with van der Waals surface area (Å²) in [5, 5.41) is 3.02. The largest absolute Gasteiger partial charge is 0.356 e. The predicted octanol–water partition coefficient (Wildman–Crippen LogP) is 2.34. The number of hydrogen-bond acceptors (Lipinski definition) is 2. The van der Waals surface area contributed by atoms with E-state index in [1.807, 2.05) is 6.92 Å². The van der Waals surface area contributed by atoms with Gasteiger partial charge in [-0.2, -0.15) is 0 Å². The molecular weight excluding hydrogens is 236 g/mol. The van der Waals surface area contributed by atoms with Gasteiger partial charge in [0.2, 0.25) is 5.91 Å². The molecular formula is C13H27ClN2O. The monoisotopic (exact) mass is 262 g/mol. The van der Waals surface area contributed by atoms with Gasteiger partial charge in [-0.15, -0.1) is 12.4 Å². The highest BCUT2D eigenvalue weighted by molar-refractivity contribution is 5.85. The lowest BCUT2D eigenvalue weighted by molar-refractivity contribution is -0.124. The van der Waals surface area contributed by atoms with Crippen molar-refractivity contribution in [3.63, 3.8) is 0 Å². The van der Waals surface area contributed by atoms with E-state index in [1.54, 1.807) is 0 Å². The number of nitrogens with two attached hydrogens (primary N) is 1. The van der Waals surface area contributed by atoms with Crippen molar-refractivity contribution in [1.82, 2.24) is 5.32 Å². The maximum atomic E-state index is 11.5. The van der Waals surface area contributed by atoms with Gasteiger partial charge in [-0.05, 0) is 24.7 Å². The van der Waals surface area contributed by atoms with Gasteiger partial charge in [0.15, 0.2) is 0 Å². The van der Waals surface area contributed by atoms with Gasteiger partial charge in [0.25, 0.3) is 0 Å². The Balaban J connectivity index is 0.00000256. The molecule has 102 valence electrons. The van der Waals surface area contributed by atoms with Gasteiger partial charge in [0.1, 0.15) is 0 Å². The van der Waals surface area contributed by atoms with Crippen LogP contribution >= 0.6 is 12.4 Å². The molecule has 0 aromatic rings. The third kappa shape index (κ3) is 5.73. The van der Waals surface area contributed by atoms with Gasteiger partial charge in [-0.25, -0.2) is 0 Å². The third-order valence-corrected chi connectivity index (χ3v) is 3.91. The number of hydrogen-bond donors (Lipinski definition) is 2. The van der Waals surface area contributed by atoms with Gasteiger partial charge in [-0.1, -0.05) is 33.1 Å². The van der Waals surface area contributed by atoms with Crippen molar-refractivity contribution in [3.05, 3.63) is 0 Å².